The monoisotopic (exact) mass is 397 g/mol. The standard InChI is InChI=1S/C22H27N3O4/c1-14-6-8-17(9-7-14)12-25-13-18(23-24-25)10-11-19-22(4,21(27)28-5)20(26)15(2)16(3)29-19/h6-9,13,16,19H,2,10-12H2,1,3-5H3. The van der Waals surface area contributed by atoms with E-state index in [9.17, 15) is 9.59 Å². The zero-order valence-corrected chi connectivity index (χ0v) is 17.3. The Morgan fingerprint density at radius 2 is 2.03 bits per heavy atom. The number of aryl methyl sites for hydroxylation is 2. The minimum atomic E-state index is -1.41. The summed E-state index contributed by atoms with van der Waals surface area (Å²) in [6.07, 6.45) is 1.78. The highest BCUT2D eigenvalue weighted by Gasteiger charge is 2.54. The van der Waals surface area contributed by atoms with Gasteiger partial charge in [-0.2, -0.15) is 0 Å². The van der Waals surface area contributed by atoms with Gasteiger partial charge >= 0.3 is 5.97 Å². The van der Waals surface area contributed by atoms with Crippen LogP contribution in [0.15, 0.2) is 42.6 Å². The van der Waals surface area contributed by atoms with Crippen molar-refractivity contribution in [3.8, 4) is 0 Å². The molecule has 29 heavy (non-hydrogen) atoms. The number of esters is 1. The van der Waals surface area contributed by atoms with E-state index in [1.54, 1.807) is 18.5 Å². The molecule has 0 saturated carbocycles. The Morgan fingerprint density at radius 1 is 1.34 bits per heavy atom. The van der Waals surface area contributed by atoms with E-state index in [0.29, 0.717) is 19.4 Å². The van der Waals surface area contributed by atoms with Crippen LogP contribution < -0.4 is 0 Å². The number of rotatable bonds is 6. The average molecular weight is 397 g/mol. The Kier molecular flexibility index (Phi) is 5.98. The van der Waals surface area contributed by atoms with Crippen LogP contribution in [0.25, 0.3) is 0 Å². The normalized spacial score (nSPS) is 24.6. The van der Waals surface area contributed by atoms with Gasteiger partial charge in [-0.1, -0.05) is 41.6 Å². The number of carbonyl (C=O) groups is 2. The second kappa shape index (κ2) is 8.29. The van der Waals surface area contributed by atoms with Gasteiger partial charge in [0.1, 0.15) is 0 Å². The first-order valence-electron chi connectivity index (χ1n) is 9.67. The van der Waals surface area contributed by atoms with Crippen molar-refractivity contribution in [2.24, 2.45) is 5.41 Å². The van der Waals surface area contributed by atoms with Crippen LogP contribution in [0.5, 0.6) is 0 Å². The van der Waals surface area contributed by atoms with Crippen molar-refractivity contribution in [1.82, 2.24) is 15.0 Å². The fraction of sp³-hybridized carbons (Fsp3) is 0.455. The Labute approximate surface area is 170 Å². The molecule has 0 aliphatic carbocycles. The molecule has 2 aromatic rings. The summed E-state index contributed by atoms with van der Waals surface area (Å²) in [5.41, 5.74) is 2.01. The number of hydrogen-bond donors (Lipinski definition) is 0. The van der Waals surface area contributed by atoms with Crippen LogP contribution in [-0.2, 0) is 32.0 Å². The first-order valence-corrected chi connectivity index (χ1v) is 9.67. The van der Waals surface area contributed by atoms with Gasteiger partial charge in [0.15, 0.2) is 11.2 Å². The lowest BCUT2D eigenvalue weighted by atomic mass is 9.72. The molecule has 1 saturated heterocycles. The van der Waals surface area contributed by atoms with E-state index in [1.807, 2.05) is 13.1 Å². The Morgan fingerprint density at radius 3 is 2.69 bits per heavy atom. The fourth-order valence-electron chi connectivity index (χ4n) is 3.61. The summed E-state index contributed by atoms with van der Waals surface area (Å²) >= 11 is 0. The van der Waals surface area contributed by atoms with Crippen LogP contribution >= 0.6 is 0 Å². The van der Waals surface area contributed by atoms with E-state index >= 15 is 0 Å². The maximum absolute atomic E-state index is 12.8. The lowest BCUT2D eigenvalue weighted by Crippen LogP contribution is -2.55. The van der Waals surface area contributed by atoms with Crippen LogP contribution in [0.4, 0.5) is 0 Å². The average Bonchev–Trinajstić information content (AvgIpc) is 3.16. The van der Waals surface area contributed by atoms with Gasteiger partial charge in [0, 0.05) is 11.8 Å². The van der Waals surface area contributed by atoms with Crippen LogP contribution in [-0.4, -0.2) is 46.1 Å². The maximum atomic E-state index is 12.8. The molecule has 7 nitrogen and oxygen atoms in total. The largest absolute Gasteiger partial charge is 0.468 e. The van der Waals surface area contributed by atoms with Crippen molar-refractivity contribution in [2.45, 2.75) is 52.4 Å². The van der Waals surface area contributed by atoms with Crippen molar-refractivity contribution >= 4 is 11.8 Å². The Hall–Kier alpha value is -2.80. The SMILES string of the molecule is C=C1C(=O)C(C)(C(=O)OC)C(CCc2cn(Cc3ccc(C)cc3)nn2)OC1C. The molecule has 1 aromatic carbocycles. The highest BCUT2D eigenvalue weighted by molar-refractivity contribution is 6.13. The first kappa shape index (κ1) is 20.9. The first-order chi connectivity index (χ1) is 13.8. The van der Waals surface area contributed by atoms with Gasteiger partial charge in [0.25, 0.3) is 0 Å². The molecular formula is C22H27N3O4. The number of hydrogen-bond acceptors (Lipinski definition) is 6. The minimum Gasteiger partial charge on any atom is -0.468 e. The minimum absolute atomic E-state index is 0.290. The molecule has 0 N–H and O–H groups in total. The number of Topliss-reactive ketones (excluding diaryl/α,β-unsaturated/α-hetero) is 1. The second-order valence-corrected chi connectivity index (χ2v) is 7.75. The van der Waals surface area contributed by atoms with E-state index < -0.39 is 23.6 Å². The van der Waals surface area contributed by atoms with E-state index in [0.717, 1.165) is 11.3 Å². The molecule has 3 rings (SSSR count). The van der Waals surface area contributed by atoms with E-state index in [1.165, 1.54) is 12.7 Å². The predicted molar refractivity (Wildman–Crippen MR) is 107 cm³/mol. The highest BCUT2D eigenvalue weighted by atomic mass is 16.5. The van der Waals surface area contributed by atoms with E-state index in [-0.39, 0.29) is 11.4 Å². The molecule has 7 heteroatoms. The molecule has 0 spiro atoms. The van der Waals surface area contributed by atoms with Crippen molar-refractivity contribution < 1.29 is 19.1 Å². The summed E-state index contributed by atoms with van der Waals surface area (Å²) in [6, 6.07) is 8.25. The molecular weight excluding hydrogens is 370 g/mol. The zero-order valence-electron chi connectivity index (χ0n) is 17.3. The van der Waals surface area contributed by atoms with Crippen LogP contribution in [0, 0.1) is 12.3 Å². The molecule has 3 unspecified atom stereocenters. The molecule has 1 aromatic heterocycles. The van der Waals surface area contributed by atoms with Gasteiger partial charge in [-0.25, -0.2) is 4.68 Å². The summed E-state index contributed by atoms with van der Waals surface area (Å²) < 4.78 is 12.6. The third kappa shape index (κ3) is 4.15. The maximum Gasteiger partial charge on any atom is 0.322 e. The number of ether oxygens (including phenoxy) is 2. The number of methoxy groups -OCH3 is 1. The molecule has 154 valence electrons. The number of aromatic nitrogens is 3. The molecule has 0 radical (unpaired) electrons. The van der Waals surface area contributed by atoms with Crippen molar-refractivity contribution in [1.29, 1.82) is 0 Å². The van der Waals surface area contributed by atoms with Gasteiger partial charge in [0.05, 0.1) is 31.6 Å². The number of benzene rings is 1. The Bertz CT molecular complexity index is 918. The molecule has 1 aliphatic heterocycles. The van der Waals surface area contributed by atoms with Gasteiger partial charge in [-0.05, 0) is 39.2 Å². The molecule has 2 heterocycles. The highest BCUT2D eigenvalue weighted by Crippen LogP contribution is 2.39. The topological polar surface area (TPSA) is 83.3 Å². The summed E-state index contributed by atoms with van der Waals surface area (Å²) in [5.74, 6) is -0.931. The van der Waals surface area contributed by atoms with Crippen LogP contribution in [0.1, 0.15) is 37.1 Å². The zero-order chi connectivity index (χ0) is 21.2. The molecule has 0 bridgehead atoms. The second-order valence-electron chi connectivity index (χ2n) is 7.75. The smallest absolute Gasteiger partial charge is 0.322 e. The summed E-state index contributed by atoms with van der Waals surface area (Å²) in [5, 5.41) is 8.40. The summed E-state index contributed by atoms with van der Waals surface area (Å²) in [7, 11) is 1.27. The number of nitrogens with zero attached hydrogens (tertiary/aromatic N) is 3. The summed E-state index contributed by atoms with van der Waals surface area (Å²) in [4.78, 5) is 25.2. The fourth-order valence-corrected chi connectivity index (χ4v) is 3.61. The Balaban J connectivity index is 1.70. The van der Waals surface area contributed by atoms with E-state index in [4.69, 9.17) is 9.47 Å². The van der Waals surface area contributed by atoms with Crippen LogP contribution in [0.3, 0.4) is 0 Å². The van der Waals surface area contributed by atoms with Crippen molar-refractivity contribution in [3.63, 3.8) is 0 Å². The molecule has 1 aliphatic rings. The molecule has 1 fully saturated rings. The van der Waals surface area contributed by atoms with E-state index in [2.05, 4.69) is 41.2 Å². The third-order valence-corrected chi connectivity index (χ3v) is 5.59. The van der Waals surface area contributed by atoms with Crippen molar-refractivity contribution in [3.05, 3.63) is 59.4 Å². The summed E-state index contributed by atoms with van der Waals surface area (Å²) in [6.45, 7) is 9.79. The van der Waals surface area contributed by atoms with Gasteiger partial charge in [-0.15, -0.1) is 5.10 Å². The lowest BCUT2D eigenvalue weighted by Gasteiger charge is -2.41. The predicted octanol–water partition coefficient (Wildman–Crippen LogP) is 2.66. The van der Waals surface area contributed by atoms with Crippen LogP contribution in [0.2, 0.25) is 0 Å². The van der Waals surface area contributed by atoms with Gasteiger partial charge in [0.2, 0.25) is 0 Å². The number of ketones is 1. The molecule has 3 atom stereocenters. The third-order valence-electron chi connectivity index (χ3n) is 5.59. The number of carbonyl (C=O) groups excluding carboxylic acids is 2. The lowest BCUT2D eigenvalue weighted by molar-refractivity contribution is -0.175. The van der Waals surface area contributed by atoms with Gasteiger partial charge in [-0.3, -0.25) is 9.59 Å². The van der Waals surface area contributed by atoms with Crippen molar-refractivity contribution in [2.75, 3.05) is 7.11 Å². The quantitative estimate of drug-likeness (QED) is 0.423. The van der Waals surface area contributed by atoms with Gasteiger partial charge < -0.3 is 9.47 Å². The molecule has 0 amide bonds.